The number of hydrogen-bond acceptors (Lipinski definition) is 7. The first-order chi connectivity index (χ1) is 13.2. The number of pyridine rings is 2. The summed E-state index contributed by atoms with van der Waals surface area (Å²) >= 11 is 0. The number of anilines is 3. The molecule has 8 heteroatoms. The Morgan fingerprint density at radius 1 is 1.15 bits per heavy atom. The molecule has 0 radical (unpaired) electrons. The molecule has 4 rings (SSSR count). The number of nitrogens with zero attached hydrogens (tertiary/aromatic N) is 4. The molecule has 1 atom stereocenters. The maximum absolute atomic E-state index is 5.82. The molecule has 4 heterocycles. The van der Waals surface area contributed by atoms with E-state index in [4.69, 9.17) is 15.2 Å². The Kier molecular flexibility index (Phi) is 4.88. The number of rotatable bonds is 5. The second-order valence-corrected chi connectivity index (χ2v) is 6.46. The highest BCUT2D eigenvalue weighted by Gasteiger charge is 2.19. The van der Waals surface area contributed by atoms with E-state index in [9.17, 15) is 0 Å². The lowest BCUT2D eigenvalue weighted by Gasteiger charge is -2.23. The number of hydrogen-bond donors (Lipinski definition) is 2. The first kappa shape index (κ1) is 17.3. The first-order valence-corrected chi connectivity index (χ1v) is 8.97. The minimum absolute atomic E-state index is 0.00921. The van der Waals surface area contributed by atoms with Crippen molar-refractivity contribution in [2.45, 2.75) is 32.4 Å². The molecule has 3 aromatic rings. The predicted octanol–water partition coefficient (Wildman–Crippen LogP) is 3.80. The van der Waals surface area contributed by atoms with Crippen molar-refractivity contribution in [3.8, 4) is 11.5 Å². The summed E-state index contributed by atoms with van der Waals surface area (Å²) in [6.45, 7) is 2.81. The average Bonchev–Trinajstić information content (AvgIpc) is 3.05. The van der Waals surface area contributed by atoms with Gasteiger partial charge in [0.25, 0.3) is 0 Å². The maximum atomic E-state index is 5.82. The summed E-state index contributed by atoms with van der Waals surface area (Å²) < 4.78 is 13.5. The van der Waals surface area contributed by atoms with E-state index in [2.05, 4.69) is 20.4 Å². The van der Waals surface area contributed by atoms with Crippen molar-refractivity contribution in [1.82, 2.24) is 19.7 Å². The molecular weight excluding hydrogens is 344 g/mol. The Bertz CT molecular complexity index is 903. The van der Waals surface area contributed by atoms with Gasteiger partial charge in [0.05, 0.1) is 6.20 Å². The van der Waals surface area contributed by atoms with E-state index in [1.54, 1.807) is 30.6 Å². The second-order valence-electron chi connectivity index (χ2n) is 6.46. The molecular formula is C19H22N6O2. The van der Waals surface area contributed by atoms with Gasteiger partial charge in [0.2, 0.25) is 0 Å². The molecule has 8 nitrogen and oxygen atoms in total. The highest BCUT2D eigenvalue weighted by atomic mass is 16.5. The third-order valence-electron chi connectivity index (χ3n) is 4.33. The minimum Gasteiger partial charge on any atom is -0.456 e. The monoisotopic (exact) mass is 366 g/mol. The van der Waals surface area contributed by atoms with Crippen molar-refractivity contribution >= 4 is 17.5 Å². The van der Waals surface area contributed by atoms with Crippen LogP contribution >= 0.6 is 0 Å². The fourth-order valence-electron chi connectivity index (χ4n) is 3.02. The third-order valence-corrected chi connectivity index (χ3v) is 4.33. The van der Waals surface area contributed by atoms with E-state index in [0.29, 0.717) is 23.1 Å². The first-order valence-electron chi connectivity index (χ1n) is 8.97. The van der Waals surface area contributed by atoms with E-state index >= 15 is 0 Å². The molecule has 27 heavy (non-hydrogen) atoms. The van der Waals surface area contributed by atoms with Crippen molar-refractivity contribution < 1.29 is 9.47 Å². The molecule has 0 amide bonds. The summed E-state index contributed by atoms with van der Waals surface area (Å²) in [5.41, 5.74) is 6.64. The molecule has 3 aromatic heterocycles. The average molecular weight is 366 g/mol. The molecule has 0 saturated carbocycles. The van der Waals surface area contributed by atoms with Crippen LogP contribution < -0.4 is 15.8 Å². The summed E-state index contributed by atoms with van der Waals surface area (Å²) in [7, 11) is 0. The van der Waals surface area contributed by atoms with Crippen molar-refractivity contribution in [2.75, 3.05) is 17.7 Å². The van der Waals surface area contributed by atoms with Crippen LogP contribution in [0.15, 0.2) is 42.7 Å². The van der Waals surface area contributed by atoms with Crippen LogP contribution in [0, 0.1) is 6.92 Å². The van der Waals surface area contributed by atoms with Crippen molar-refractivity contribution in [3.05, 3.63) is 48.4 Å². The van der Waals surface area contributed by atoms with Gasteiger partial charge in [-0.3, -0.25) is 0 Å². The lowest BCUT2D eigenvalue weighted by atomic mass is 10.2. The van der Waals surface area contributed by atoms with E-state index in [1.165, 1.54) is 0 Å². The zero-order chi connectivity index (χ0) is 18.6. The van der Waals surface area contributed by atoms with Gasteiger partial charge in [-0.1, -0.05) is 0 Å². The molecule has 0 spiro atoms. The SMILES string of the molecule is Cc1cc(Nc2cc(Oc3ccc(N)nc3)ccn2)nn1C1CCCCO1. The number of nitrogens with two attached hydrogens (primary N) is 1. The van der Waals surface area contributed by atoms with Crippen LogP contribution in [0.1, 0.15) is 31.2 Å². The number of aryl methyl sites for hydroxylation is 1. The van der Waals surface area contributed by atoms with Crippen LogP contribution in [0.5, 0.6) is 11.5 Å². The highest BCUT2D eigenvalue weighted by molar-refractivity contribution is 5.54. The summed E-state index contributed by atoms with van der Waals surface area (Å²) in [6, 6.07) is 9.03. The summed E-state index contributed by atoms with van der Waals surface area (Å²) in [6.07, 6.45) is 6.53. The molecule has 1 unspecified atom stereocenters. The molecule has 3 N–H and O–H groups in total. The van der Waals surface area contributed by atoms with E-state index in [1.807, 2.05) is 23.7 Å². The molecule has 0 aliphatic carbocycles. The van der Waals surface area contributed by atoms with Crippen LogP contribution in [0.4, 0.5) is 17.5 Å². The number of ether oxygens (including phenoxy) is 2. The van der Waals surface area contributed by atoms with E-state index in [0.717, 1.165) is 37.4 Å². The topological polar surface area (TPSA) is 100 Å². The van der Waals surface area contributed by atoms with Gasteiger partial charge in [-0.05, 0) is 44.4 Å². The van der Waals surface area contributed by atoms with Gasteiger partial charge in [-0.15, -0.1) is 0 Å². The van der Waals surface area contributed by atoms with Crippen LogP contribution in [0.25, 0.3) is 0 Å². The minimum atomic E-state index is 0.00921. The van der Waals surface area contributed by atoms with Gasteiger partial charge in [0.1, 0.15) is 23.1 Å². The zero-order valence-corrected chi connectivity index (χ0v) is 15.1. The van der Waals surface area contributed by atoms with E-state index in [-0.39, 0.29) is 6.23 Å². The largest absolute Gasteiger partial charge is 0.456 e. The van der Waals surface area contributed by atoms with Crippen LogP contribution in [-0.2, 0) is 4.74 Å². The Balaban J connectivity index is 1.47. The van der Waals surface area contributed by atoms with Crippen molar-refractivity contribution in [3.63, 3.8) is 0 Å². The van der Waals surface area contributed by atoms with Gasteiger partial charge in [0.15, 0.2) is 12.0 Å². The molecule has 1 aliphatic rings. The van der Waals surface area contributed by atoms with Crippen LogP contribution in [-0.4, -0.2) is 26.4 Å². The van der Waals surface area contributed by atoms with Crippen LogP contribution in [0.2, 0.25) is 0 Å². The lowest BCUT2D eigenvalue weighted by Crippen LogP contribution is -2.20. The van der Waals surface area contributed by atoms with Gasteiger partial charge < -0.3 is 20.5 Å². The van der Waals surface area contributed by atoms with Crippen molar-refractivity contribution in [2.24, 2.45) is 0 Å². The molecule has 0 aromatic carbocycles. The van der Waals surface area contributed by atoms with Crippen LogP contribution in [0.3, 0.4) is 0 Å². The highest BCUT2D eigenvalue weighted by Crippen LogP contribution is 2.27. The third kappa shape index (κ3) is 4.17. The summed E-state index contributed by atoms with van der Waals surface area (Å²) in [4.78, 5) is 8.35. The Hall–Kier alpha value is -3.13. The van der Waals surface area contributed by atoms with Gasteiger partial charge in [-0.25, -0.2) is 14.6 Å². The summed E-state index contributed by atoms with van der Waals surface area (Å²) in [5, 5.41) is 7.85. The molecule has 140 valence electrons. The fraction of sp³-hybridized carbons (Fsp3) is 0.316. The quantitative estimate of drug-likeness (QED) is 0.708. The van der Waals surface area contributed by atoms with Gasteiger partial charge >= 0.3 is 0 Å². The Morgan fingerprint density at radius 2 is 2.07 bits per heavy atom. The lowest BCUT2D eigenvalue weighted by molar-refractivity contribution is -0.0404. The Morgan fingerprint density at radius 3 is 2.85 bits per heavy atom. The second kappa shape index (κ2) is 7.63. The van der Waals surface area contributed by atoms with Gasteiger partial charge in [-0.2, -0.15) is 5.10 Å². The molecule has 1 aliphatic heterocycles. The predicted molar refractivity (Wildman–Crippen MR) is 102 cm³/mol. The van der Waals surface area contributed by atoms with E-state index < -0.39 is 0 Å². The number of aromatic nitrogens is 4. The molecule has 1 fully saturated rings. The van der Waals surface area contributed by atoms with Crippen molar-refractivity contribution in [1.29, 1.82) is 0 Å². The number of nitrogens with one attached hydrogen (secondary N) is 1. The van der Waals surface area contributed by atoms with Gasteiger partial charge in [0, 0.05) is 30.6 Å². The Labute approximate surface area is 157 Å². The smallest absolute Gasteiger partial charge is 0.153 e. The summed E-state index contributed by atoms with van der Waals surface area (Å²) in [5.74, 6) is 3.07. The zero-order valence-electron chi connectivity index (χ0n) is 15.1. The maximum Gasteiger partial charge on any atom is 0.153 e. The molecule has 0 bridgehead atoms. The molecule has 1 saturated heterocycles. The fourth-order valence-corrected chi connectivity index (χ4v) is 3.02. The number of nitrogen functional groups attached to an aromatic ring is 1. The standard InChI is InChI=1S/C19H22N6O2/c1-13-10-18(24-25(13)19-4-2-3-9-26-19)23-17-11-14(7-8-21-17)27-15-5-6-16(20)22-12-15/h5-8,10-12,19H,2-4,9H2,1H3,(H2,20,22)(H,21,23,24). The normalized spacial score (nSPS) is 16.9.